The van der Waals surface area contributed by atoms with Gasteiger partial charge in [0.05, 0.1) is 13.7 Å². The number of nitrogens with zero attached hydrogens (tertiary/aromatic N) is 1. The van der Waals surface area contributed by atoms with Crippen molar-refractivity contribution in [3.63, 3.8) is 0 Å². The molecule has 33 heavy (non-hydrogen) atoms. The summed E-state index contributed by atoms with van der Waals surface area (Å²) in [5.41, 5.74) is 3.06. The topological polar surface area (TPSA) is 48.0 Å². The second kappa shape index (κ2) is 11.1. The number of rotatable bonds is 10. The highest BCUT2D eigenvalue weighted by molar-refractivity contribution is 7.98. The molecule has 4 rings (SSSR count). The van der Waals surface area contributed by atoms with Crippen molar-refractivity contribution in [1.82, 2.24) is 0 Å². The van der Waals surface area contributed by atoms with Crippen molar-refractivity contribution in [1.29, 1.82) is 0 Å². The lowest BCUT2D eigenvalue weighted by Crippen LogP contribution is -2.32. The zero-order valence-electron chi connectivity index (χ0n) is 19.0. The highest BCUT2D eigenvalue weighted by Gasteiger charge is 2.34. The largest absolute Gasteiger partial charge is 0.493 e. The van der Waals surface area contributed by atoms with Gasteiger partial charge in [0.1, 0.15) is 5.75 Å². The van der Waals surface area contributed by atoms with Crippen molar-refractivity contribution in [2.75, 3.05) is 37.2 Å². The van der Waals surface area contributed by atoms with Gasteiger partial charge in [-0.3, -0.25) is 4.79 Å². The van der Waals surface area contributed by atoms with Gasteiger partial charge in [0, 0.05) is 24.7 Å². The van der Waals surface area contributed by atoms with Crippen molar-refractivity contribution < 1.29 is 19.0 Å². The smallest absolute Gasteiger partial charge is 0.268 e. The summed E-state index contributed by atoms with van der Waals surface area (Å²) in [6, 6.07) is 23.7. The minimum absolute atomic E-state index is 0.0437. The number of thioether (sulfide) groups is 1. The van der Waals surface area contributed by atoms with Crippen molar-refractivity contribution in [2.24, 2.45) is 0 Å². The Morgan fingerprint density at radius 2 is 1.73 bits per heavy atom. The fourth-order valence-electron chi connectivity index (χ4n) is 3.87. The summed E-state index contributed by atoms with van der Waals surface area (Å²) >= 11 is 1.80. The Morgan fingerprint density at radius 3 is 2.45 bits per heavy atom. The molecule has 5 nitrogen and oxygen atoms in total. The molecule has 6 heteroatoms. The predicted octanol–water partition coefficient (Wildman–Crippen LogP) is 5.68. The fourth-order valence-corrected chi connectivity index (χ4v) is 4.28. The number of anilines is 1. The number of methoxy groups -OCH3 is 1. The summed E-state index contributed by atoms with van der Waals surface area (Å²) in [5, 5.41) is 0. The second-order valence-corrected chi connectivity index (χ2v) is 8.79. The van der Waals surface area contributed by atoms with Crippen molar-refractivity contribution in [2.45, 2.75) is 18.9 Å². The molecule has 0 bridgehead atoms. The summed E-state index contributed by atoms with van der Waals surface area (Å²) in [5.74, 6) is 3.03. The summed E-state index contributed by atoms with van der Waals surface area (Å²) in [4.78, 5) is 14.8. The first-order chi connectivity index (χ1) is 16.2. The number of ether oxygens (including phenoxy) is 3. The van der Waals surface area contributed by atoms with Gasteiger partial charge in [-0.25, -0.2) is 0 Å². The van der Waals surface area contributed by atoms with E-state index in [-0.39, 0.29) is 5.91 Å². The number of amides is 1. The average Bonchev–Trinajstić information content (AvgIpc) is 3.22. The van der Waals surface area contributed by atoms with Gasteiger partial charge in [-0.2, -0.15) is 11.8 Å². The van der Waals surface area contributed by atoms with Crippen LogP contribution in [0.1, 0.15) is 12.8 Å². The molecule has 172 valence electrons. The normalized spacial score (nSPS) is 15.5. The minimum atomic E-state index is -0.499. The number of carbonyl (C=O) groups excluding carboxylic acids is 1. The lowest BCUT2D eigenvalue weighted by molar-refractivity contribution is -0.122. The number of carbonyl (C=O) groups is 1. The first-order valence-electron chi connectivity index (χ1n) is 11.1. The van der Waals surface area contributed by atoms with Gasteiger partial charge >= 0.3 is 0 Å². The molecule has 1 amide bonds. The zero-order chi connectivity index (χ0) is 23.0. The van der Waals surface area contributed by atoms with Crippen LogP contribution in [-0.2, 0) is 4.79 Å². The second-order valence-electron chi connectivity index (χ2n) is 7.81. The van der Waals surface area contributed by atoms with E-state index in [4.69, 9.17) is 14.2 Å². The predicted molar refractivity (Wildman–Crippen MR) is 135 cm³/mol. The van der Waals surface area contributed by atoms with E-state index in [1.54, 1.807) is 23.8 Å². The Labute approximate surface area is 199 Å². The highest BCUT2D eigenvalue weighted by Crippen LogP contribution is 2.34. The molecular weight excluding hydrogens is 434 g/mol. The number of benzene rings is 3. The van der Waals surface area contributed by atoms with E-state index in [9.17, 15) is 4.79 Å². The van der Waals surface area contributed by atoms with Crippen LogP contribution in [0.3, 0.4) is 0 Å². The summed E-state index contributed by atoms with van der Waals surface area (Å²) < 4.78 is 17.4. The van der Waals surface area contributed by atoms with Gasteiger partial charge in [-0.05, 0) is 53.8 Å². The van der Waals surface area contributed by atoms with Gasteiger partial charge in [0.25, 0.3) is 5.91 Å². The van der Waals surface area contributed by atoms with Crippen LogP contribution < -0.4 is 19.1 Å². The first kappa shape index (κ1) is 23.1. The third-order valence-corrected chi connectivity index (χ3v) is 6.30. The third kappa shape index (κ3) is 5.63. The molecule has 1 unspecified atom stereocenters. The van der Waals surface area contributed by atoms with E-state index in [0.717, 1.165) is 29.0 Å². The molecule has 3 aromatic carbocycles. The maximum absolute atomic E-state index is 13.1. The van der Waals surface area contributed by atoms with Crippen molar-refractivity contribution >= 4 is 23.4 Å². The molecule has 0 aromatic heterocycles. The van der Waals surface area contributed by atoms with E-state index in [0.29, 0.717) is 36.8 Å². The van der Waals surface area contributed by atoms with E-state index < -0.39 is 6.10 Å². The standard InChI is InChI=1S/C27H29NO4S/c1-30-26-19-22(11-14-24(26)31-17-6-18-33-2)28-16-15-25(27(28)29)32-23-12-9-21(10-13-23)20-7-4-3-5-8-20/h3-5,7-14,19,25H,6,15-18H2,1-2H3. The van der Waals surface area contributed by atoms with Crippen LogP contribution in [0.25, 0.3) is 11.1 Å². The van der Waals surface area contributed by atoms with E-state index in [1.165, 1.54) is 0 Å². The van der Waals surface area contributed by atoms with Crippen LogP contribution in [0.4, 0.5) is 5.69 Å². The molecule has 0 saturated carbocycles. The highest BCUT2D eigenvalue weighted by atomic mass is 32.2. The number of hydrogen-bond donors (Lipinski definition) is 0. The molecule has 1 fully saturated rings. The molecule has 0 aliphatic carbocycles. The van der Waals surface area contributed by atoms with Crippen LogP contribution in [0.5, 0.6) is 17.2 Å². The maximum Gasteiger partial charge on any atom is 0.268 e. The molecule has 1 atom stereocenters. The molecule has 1 aliphatic heterocycles. The molecule has 1 aliphatic rings. The third-order valence-electron chi connectivity index (χ3n) is 5.61. The average molecular weight is 464 g/mol. The van der Waals surface area contributed by atoms with Gasteiger partial charge in [-0.1, -0.05) is 42.5 Å². The minimum Gasteiger partial charge on any atom is -0.493 e. The van der Waals surface area contributed by atoms with Gasteiger partial charge < -0.3 is 19.1 Å². The zero-order valence-corrected chi connectivity index (χ0v) is 19.8. The Kier molecular flexibility index (Phi) is 7.79. The summed E-state index contributed by atoms with van der Waals surface area (Å²) in [6.07, 6.45) is 3.19. The molecule has 0 spiro atoms. The Hall–Kier alpha value is -3.12. The molecule has 1 saturated heterocycles. The maximum atomic E-state index is 13.1. The Balaban J connectivity index is 1.39. The van der Waals surface area contributed by atoms with E-state index in [2.05, 4.69) is 18.4 Å². The fraction of sp³-hybridized carbons (Fsp3) is 0.296. The van der Waals surface area contributed by atoms with Crippen LogP contribution >= 0.6 is 11.8 Å². The Morgan fingerprint density at radius 1 is 0.970 bits per heavy atom. The Bertz CT molecular complexity index is 1060. The van der Waals surface area contributed by atoms with Gasteiger partial charge in [0.2, 0.25) is 0 Å². The van der Waals surface area contributed by atoms with Crippen LogP contribution in [0, 0.1) is 0 Å². The van der Waals surface area contributed by atoms with Crippen LogP contribution in [-0.4, -0.2) is 44.3 Å². The molecular formula is C27H29NO4S. The molecule has 3 aromatic rings. The first-order valence-corrected chi connectivity index (χ1v) is 12.5. The lowest BCUT2D eigenvalue weighted by Gasteiger charge is -2.19. The molecule has 0 N–H and O–H groups in total. The van der Waals surface area contributed by atoms with Crippen molar-refractivity contribution in [3.8, 4) is 28.4 Å². The summed E-state index contributed by atoms with van der Waals surface area (Å²) in [7, 11) is 1.62. The van der Waals surface area contributed by atoms with Gasteiger partial charge in [0.15, 0.2) is 17.6 Å². The van der Waals surface area contributed by atoms with Crippen molar-refractivity contribution in [3.05, 3.63) is 72.8 Å². The lowest BCUT2D eigenvalue weighted by atomic mass is 10.1. The van der Waals surface area contributed by atoms with Crippen LogP contribution in [0.2, 0.25) is 0 Å². The van der Waals surface area contributed by atoms with E-state index in [1.807, 2.05) is 60.7 Å². The molecule has 1 heterocycles. The molecule has 0 radical (unpaired) electrons. The van der Waals surface area contributed by atoms with Crippen LogP contribution in [0.15, 0.2) is 72.8 Å². The summed E-state index contributed by atoms with van der Waals surface area (Å²) in [6.45, 7) is 1.24. The van der Waals surface area contributed by atoms with Gasteiger partial charge in [-0.15, -0.1) is 0 Å². The monoisotopic (exact) mass is 463 g/mol. The SMILES string of the molecule is COc1cc(N2CCC(Oc3ccc(-c4ccccc4)cc3)C2=O)ccc1OCCCSC. The quantitative estimate of drug-likeness (QED) is 0.362. The van der Waals surface area contributed by atoms with E-state index >= 15 is 0 Å². The number of hydrogen-bond acceptors (Lipinski definition) is 5.